The van der Waals surface area contributed by atoms with E-state index in [0.717, 1.165) is 24.1 Å². The highest BCUT2D eigenvalue weighted by atomic mass is 19.1. The van der Waals surface area contributed by atoms with Crippen molar-refractivity contribution in [2.75, 3.05) is 25.2 Å². The van der Waals surface area contributed by atoms with Gasteiger partial charge < -0.3 is 9.64 Å². The average molecular weight is 412 g/mol. The molecule has 0 radical (unpaired) electrons. The van der Waals surface area contributed by atoms with Gasteiger partial charge in [0.15, 0.2) is 5.82 Å². The number of halogens is 1. The van der Waals surface area contributed by atoms with Gasteiger partial charge in [0.05, 0.1) is 12.6 Å². The molecule has 158 valence electrons. The van der Waals surface area contributed by atoms with Crippen LogP contribution in [-0.4, -0.2) is 46.9 Å². The van der Waals surface area contributed by atoms with Crippen LogP contribution in [0.2, 0.25) is 0 Å². The lowest BCUT2D eigenvalue weighted by molar-refractivity contribution is -0.136. The maximum atomic E-state index is 13.7. The predicted molar refractivity (Wildman–Crippen MR) is 108 cm³/mol. The number of hydrogen-bond acceptors (Lipinski definition) is 5. The lowest BCUT2D eigenvalue weighted by Crippen LogP contribution is -2.38. The van der Waals surface area contributed by atoms with E-state index in [1.165, 1.54) is 19.2 Å². The van der Waals surface area contributed by atoms with Crippen molar-refractivity contribution in [2.24, 2.45) is 0 Å². The SMILES string of the molecule is COCC(=O)N1CCC[C@H]1c1nc(C)c2c(n1)N(Cc1cccc(F)c1)C(=O)CC2. The minimum atomic E-state index is -0.338. The zero-order chi connectivity index (χ0) is 21.3. The number of likely N-dealkylation sites (tertiary alicyclic amines) is 1. The van der Waals surface area contributed by atoms with Crippen molar-refractivity contribution in [3.05, 3.63) is 52.7 Å². The van der Waals surface area contributed by atoms with E-state index in [4.69, 9.17) is 14.7 Å². The number of benzene rings is 1. The first-order valence-corrected chi connectivity index (χ1v) is 10.2. The molecule has 2 aliphatic heterocycles. The first-order chi connectivity index (χ1) is 14.5. The number of hydrogen-bond donors (Lipinski definition) is 0. The summed E-state index contributed by atoms with van der Waals surface area (Å²) in [6.45, 7) is 2.82. The van der Waals surface area contributed by atoms with Crippen LogP contribution >= 0.6 is 0 Å². The van der Waals surface area contributed by atoms with E-state index in [2.05, 4.69) is 0 Å². The highest BCUT2D eigenvalue weighted by molar-refractivity contribution is 5.95. The van der Waals surface area contributed by atoms with Crippen molar-refractivity contribution in [1.29, 1.82) is 0 Å². The summed E-state index contributed by atoms with van der Waals surface area (Å²) >= 11 is 0. The fourth-order valence-electron chi connectivity index (χ4n) is 4.27. The largest absolute Gasteiger partial charge is 0.375 e. The van der Waals surface area contributed by atoms with Crippen LogP contribution in [0.4, 0.5) is 10.2 Å². The number of aromatic nitrogens is 2. The number of fused-ring (bicyclic) bond motifs is 1. The molecule has 0 saturated carbocycles. The van der Waals surface area contributed by atoms with E-state index in [-0.39, 0.29) is 36.8 Å². The van der Waals surface area contributed by atoms with Crippen LogP contribution in [0.25, 0.3) is 0 Å². The second-order valence-electron chi connectivity index (χ2n) is 7.76. The van der Waals surface area contributed by atoms with Crippen LogP contribution in [0, 0.1) is 12.7 Å². The van der Waals surface area contributed by atoms with Crippen LogP contribution in [0.1, 0.15) is 47.9 Å². The molecule has 0 spiro atoms. The minimum absolute atomic E-state index is 0.0185. The highest BCUT2D eigenvalue weighted by Gasteiger charge is 2.35. The Balaban J connectivity index is 1.70. The van der Waals surface area contributed by atoms with Crippen LogP contribution in [0.5, 0.6) is 0 Å². The van der Waals surface area contributed by atoms with E-state index in [1.54, 1.807) is 21.9 Å². The van der Waals surface area contributed by atoms with Gasteiger partial charge in [0.2, 0.25) is 11.8 Å². The molecule has 1 saturated heterocycles. The summed E-state index contributed by atoms with van der Waals surface area (Å²) in [5.74, 6) is 0.646. The number of carbonyl (C=O) groups excluding carboxylic acids is 2. The fraction of sp³-hybridized carbons (Fsp3) is 0.455. The summed E-state index contributed by atoms with van der Waals surface area (Å²) in [4.78, 5) is 38.0. The Kier molecular flexibility index (Phi) is 5.76. The molecule has 2 amide bonds. The van der Waals surface area contributed by atoms with E-state index in [9.17, 15) is 14.0 Å². The molecule has 0 N–H and O–H groups in total. The molecule has 1 fully saturated rings. The van der Waals surface area contributed by atoms with E-state index in [0.29, 0.717) is 36.6 Å². The van der Waals surface area contributed by atoms with Crippen molar-refractivity contribution in [2.45, 2.75) is 45.2 Å². The third-order valence-electron chi connectivity index (χ3n) is 5.72. The Labute approximate surface area is 174 Å². The first kappa shape index (κ1) is 20.4. The average Bonchev–Trinajstić information content (AvgIpc) is 3.20. The number of anilines is 1. The summed E-state index contributed by atoms with van der Waals surface area (Å²) in [5, 5.41) is 0. The van der Waals surface area contributed by atoms with Crippen molar-refractivity contribution < 1.29 is 18.7 Å². The summed E-state index contributed by atoms with van der Waals surface area (Å²) in [7, 11) is 1.50. The second-order valence-corrected chi connectivity index (χ2v) is 7.76. The summed E-state index contributed by atoms with van der Waals surface area (Å²) in [5.41, 5.74) is 2.45. The number of amides is 2. The lowest BCUT2D eigenvalue weighted by atomic mass is 10.0. The molecule has 4 rings (SSSR count). The molecule has 1 aromatic heterocycles. The molecule has 0 bridgehead atoms. The van der Waals surface area contributed by atoms with E-state index in [1.807, 2.05) is 6.92 Å². The Morgan fingerprint density at radius 3 is 2.90 bits per heavy atom. The highest BCUT2D eigenvalue weighted by Crippen LogP contribution is 2.35. The number of methoxy groups -OCH3 is 1. The van der Waals surface area contributed by atoms with Gasteiger partial charge in [-0.1, -0.05) is 12.1 Å². The number of nitrogens with zero attached hydrogens (tertiary/aromatic N) is 4. The van der Waals surface area contributed by atoms with Crippen LogP contribution in [0.15, 0.2) is 24.3 Å². The van der Waals surface area contributed by atoms with Gasteiger partial charge >= 0.3 is 0 Å². The van der Waals surface area contributed by atoms with Crippen molar-refractivity contribution in [1.82, 2.24) is 14.9 Å². The minimum Gasteiger partial charge on any atom is -0.375 e. The third-order valence-corrected chi connectivity index (χ3v) is 5.72. The number of aryl methyl sites for hydroxylation is 1. The van der Waals surface area contributed by atoms with Crippen LogP contribution in [-0.2, 0) is 27.3 Å². The van der Waals surface area contributed by atoms with Gasteiger partial charge in [0.1, 0.15) is 18.2 Å². The smallest absolute Gasteiger partial charge is 0.249 e. The molecule has 0 unspecified atom stereocenters. The Morgan fingerprint density at radius 2 is 2.13 bits per heavy atom. The Morgan fingerprint density at radius 1 is 1.30 bits per heavy atom. The molecule has 1 aromatic carbocycles. The van der Waals surface area contributed by atoms with Gasteiger partial charge in [0.25, 0.3) is 0 Å². The standard InChI is InChI=1S/C22H25FN4O3/c1-14-17-8-9-19(28)27(12-15-5-3-6-16(23)11-15)22(17)25-21(24-14)18-7-4-10-26(18)20(29)13-30-2/h3,5-6,11,18H,4,7-10,12-13H2,1-2H3/t18-/m0/s1. The molecule has 0 aliphatic carbocycles. The van der Waals surface area contributed by atoms with Crippen LogP contribution < -0.4 is 4.90 Å². The first-order valence-electron chi connectivity index (χ1n) is 10.2. The Hall–Kier alpha value is -2.87. The van der Waals surface area contributed by atoms with Gasteiger partial charge in [0, 0.05) is 31.3 Å². The molecule has 3 heterocycles. The third kappa shape index (κ3) is 3.92. The topological polar surface area (TPSA) is 75.6 Å². The maximum absolute atomic E-state index is 13.7. The molecule has 2 aromatic rings. The van der Waals surface area contributed by atoms with Crippen LogP contribution in [0.3, 0.4) is 0 Å². The molecule has 2 aliphatic rings. The second kappa shape index (κ2) is 8.47. The maximum Gasteiger partial charge on any atom is 0.249 e. The molecular weight excluding hydrogens is 387 g/mol. The van der Waals surface area contributed by atoms with E-state index < -0.39 is 0 Å². The molecule has 7 nitrogen and oxygen atoms in total. The van der Waals surface area contributed by atoms with Gasteiger partial charge in [-0.2, -0.15) is 0 Å². The zero-order valence-electron chi connectivity index (χ0n) is 17.2. The molecular formula is C22H25FN4O3. The zero-order valence-corrected chi connectivity index (χ0v) is 17.2. The van der Waals surface area contributed by atoms with Crippen molar-refractivity contribution in [3.8, 4) is 0 Å². The number of rotatable bonds is 5. The lowest BCUT2D eigenvalue weighted by Gasteiger charge is -2.31. The summed E-state index contributed by atoms with van der Waals surface area (Å²) in [6.07, 6.45) is 2.59. The monoisotopic (exact) mass is 412 g/mol. The van der Waals surface area contributed by atoms with E-state index >= 15 is 0 Å². The normalized spacial score (nSPS) is 18.6. The number of ether oxygens (including phenoxy) is 1. The summed E-state index contributed by atoms with van der Waals surface area (Å²) < 4.78 is 18.7. The number of carbonyl (C=O) groups is 2. The molecule has 1 atom stereocenters. The Bertz CT molecular complexity index is 981. The van der Waals surface area contributed by atoms with Crippen molar-refractivity contribution >= 4 is 17.6 Å². The van der Waals surface area contributed by atoms with Gasteiger partial charge in [-0.25, -0.2) is 14.4 Å². The predicted octanol–water partition coefficient (Wildman–Crippen LogP) is 2.71. The summed E-state index contributed by atoms with van der Waals surface area (Å²) in [6, 6.07) is 6.00. The van der Waals surface area contributed by atoms with Gasteiger partial charge in [-0.3, -0.25) is 14.5 Å². The molecule has 8 heteroatoms. The van der Waals surface area contributed by atoms with Gasteiger partial charge in [-0.05, 0) is 43.9 Å². The molecule has 30 heavy (non-hydrogen) atoms. The fourth-order valence-corrected chi connectivity index (χ4v) is 4.27. The van der Waals surface area contributed by atoms with Crippen molar-refractivity contribution in [3.63, 3.8) is 0 Å². The quantitative estimate of drug-likeness (QED) is 0.755. The van der Waals surface area contributed by atoms with Gasteiger partial charge in [-0.15, -0.1) is 0 Å².